The monoisotopic (exact) mass is 385 g/mol. The van der Waals surface area contributed by atoms with Crippen LogP contribution in [0.5, 0.6) is 11.6 Å². The van der Waals surface area contributed by atoms with Gasteiger partial charge in [-0.3, -0.25) is 0 Å². The average Bonchev–Trinajstić information content (AvgIpc) is 2.64. The molecular formula is C15H20IN3O. The van der Waals surface area contributed by atoms with E-state index in [1.165, 1.54) is 0 Å². The van der Waals surface area contributed by atoms with E-state index in [4.69, 9.17) is 4.74 Å². The maximum Gasteiger partial charge on any atom is 0.222 e. The van der Waals surface area contributed by atoms with E-state index in [2.05, 4.69) is 46.9 Å². The molecule has 1 aromatic carbocycles. The SMILES string of the molecule is Cc1nn(C)c(Oc2ccccc2I)c1CNC(C)C. The van der Waals surface area contributed by atoms with Crippen molar-refractivity contribution in [3.63, 3.8) is 0 Å². The van der Waals surface area contributed by atoms with Gasteiger partial charge in [-0.25, -0.2) is 4.68 Å². The molecule has 5 heteroatoms. The van der Waals surface area contributed by atoms with Gasteiger partial charge in [0.1, 0.15) is 5.75 Å². The van der Waals surface area contributed by atoms with Crippen LogP contribution in [0.25, 0.3) is 0 Å². The smallest absolute Gasteiger partial charge is 0.222 e. The van der Waals surface area contributed by atoms with Crippen molar-refractivity contribution >= 4 is 22.6 Å². The van der Waals surface area contributed by atoms with Gasteiger partial charge in [0.2, 0.25) is 5.88 Å². The standard InChI is InChI=1S/C15H20IN3O/c1-10(2)17-9-12-11(3)18-19(4)15(12)20-14-8-6-5-7-13(14)16/h5-8,10,17H,9H2,1-4H3. The Morgan fingerprint density at radius 3 is 2.70 bits per heavy atom. The van der Waals surface area contributed by atoms with Gasteiger partial charge in [0.25, 0.3) is 0 Å². The second-order valence-corrected chi connectivity index (χ2v) is 6.22. The summed E-state index contributed by atoms with van der Waals surface area (Å²) in [4.78, 5) is 0. The van der Waals surface area contributed by atoms with Gasteiger partial charge in [-0.05, 0) is 41.6 Å². The maximum atomic E-state index is 6.08. The number of nitrogens with one attached hydrogen (secondary N) is 1. The highest BCUT2D eigenvalue weighted by molar-refractivity contribution is 14.1. The van der Waals surface area contributed by atoms with Gasteiger partial charge in [-0.2, -0.15) is 5.10 Å². The number of halogens is 1. The minimum absolute atomic E-state index is 0.430. The van der Waals surface area contributed by atoms with Gasteiger partial charge >= 0.3 is 0 Å². The number of aromatic nitrogens is 2. The fourth-order valence-corrected chi connectivity index (χ4v) is 2.45. The summed E-state index contributed by atoms with van der Waals surface area (Å²) in [6.07, 6.45) is 0. The number of nitrogens with zero attached hydrogens (tertiary/aromatic N) is 2. The summed E-state index contributed by atoms with van der Waals surface area (Å²) in [6, 6.07) is 8.42. The Bertz CT molecular complexity index is 593. The Morgan fingerprint density at radius 2 is 2.05 bits per heavy atom. The van der Waals surface area contributed by atoms with Crippen LogP contribution in [0.1, 0.15) is 25.1 Å². The number of aryl methyl sites for hydroxylation is 2. The summed E-state index contributed by atoms with van der Waals surface area (Å²) >= 11 is 2.28. The van der Waals surface area contributed by atoms with E-state index in [1.807, 2.05) is 38.2 Å². The van der Waals surface area contributed by atoms with Crippen LogP contribution in [0.3, 0.4) is 0 Å². The van der Waals surface area contributed by atoms with E-state index in [9.17, 15) is 0 Å². The molecule has 0 spiro atoms. The fraction of sp³-hybridized carbons (Fsp3) is 0.400. The molecule has 0 aliphatic rings. The molecule has 4 nitrogen and oxygen atoms in total. The largest absolute Gasteiger partial charge is 0.438 e. The van der Waals surface area contributed by atoms with E-state index in [1.54, 1.807) is 4.68 Å². The Balaban J connectivity index is 2.29. The molecule has 1 heterocycles. The van der Waals surface area contributed by atoms with Gasteiger partial charge in [0.15, 0.2) is 0 Å². The fourth-order valence-electron chi connectivity index (χ4n) is 1.95. The molecule has 2 aromatic rings. The molecule has 0 saturated carbocycles. The highest BCUT2D eigenvalue weighted by Crippen LogP contribution is 2.30. The van der Waals surface area contributed by atoms with E-state index >= 15 is 0 Å². The van der Waals surface area contributed by atoms with Crippen LogP contribution in [0.4, 0.5) is 0 Å². The number of ether oxygens (including phenoxy) is 1. The summed E-state index contributed by atoms with van der Waals surface area (Å²) in [5.74, 6) is 1.67. The highest BCUT2D eigenvalue weighted by atomic mass is 127. The van der Waals surface area contributed by atoms with Gasteiger partial charge in [-0.15, -0.1) is 0 Å². The molecule has 0 unspecified atom stereocenters. The van der Waals surface area contributed by atoms with Crippen molar-refractivity contribution in [2.24, 2.45) is 7.05 Å². The number of rotatable bonds is 5. The van der Waals surface area contributed by atoms with Crippen LogP contribution in [0.15, 0.2) is 24.3 Å². The number of para-hydroxylation sites is 1. The number of benzene rings is 1. The predicted molar refractivity (Wildman–Crippen MR) is 89.2 cm³/mol. The summed E-state index contributed by atoms with van der Waals surface area (Å²) in [6.45, 7) is 7.04. The van der Waals surface area contributed by atoms with Crippen LogP contribution in [-0.2, 0) is 13.6 Å². The summed E-state index contributed by atoms with van der Waals surface area (Å²) < 4.78 is 8.97. The molecule has 0 fully saturated rings. The molecule has 1 N–H and O–H groups in total. The van der Waals surface area contributed by atoms with Crippen LogP contribution >= 0.6 is 22.6 Å². The lowest BCUT2D eigenvalue weighted by Gasteiger charge is -2.12. The Kier molecular flexibility index (Phi) is 5.04. The summed E-state index contributed by atoms with van der Waals surface area (Å²) in [7, 11) is 1.91. The zero-order valence-corrected chi connectivity index (χ0v) is 14.4. The zero-order chi connectivity index (χ0) is 14.7. The van der Waals surface area contributed by atoms with Crippen molar-refractivity contribution in [1.82, 2.24) is 15.1 Å². The van der Waals surface area contributed by atoms with E-state index in [0.29, 0.717) is 6.04 Å². The molecule has 0 aliphatic heterocycles. The lowest BCUT2D eigenvalue weighted by atomic mass is 10.2. The Hall–Kier alpha value is -1.08. The van der Waals surface area contributed by atoms with Crippen LogP contribution < -0.4 is 10.1 Å². The molecule has 0 atom stereocenters. The van der Waals surface area contributed by atoms with Gasteiger partial charge in [0, 0.05) is 19.6 Å². The summed E-state index contributed by atoms with van der Waals surface area (Å²) in [5.41, 5.74) is 2.11. The van der Waals surface area contributed by atoms with Crippen molar-refractivity contribution in [3.8, 4) is 11.6 Å². The van der Waals surface area contributed by atoms with Gasteiger partial charge < -0.3 is 10.1 Å². The first-order chi connectivity index (χ1) is 9.49. The lowest BCUT2D eigenvalue weighted by Crippen LogP contribution is -2.22. The van der Waals surface area contributed by atoms with Crippen LogP contribution in [0.2, 0.25) is 0 Å². The minimum atomic E-state index is 0.430. The zero-order valence-electron chi connectivity index (χ0n) is 12.3. The van der Waals surface area contributed by atoms with Crippen molar-refractivity contribution in [1.29, 1.82) is 0 Å². The van der Waals surface area contributed by atoms with Crippen molar-refractivity contribution in [2.75, 3.05) is 0 Å². The first-order valence-corrected chi connectivity index (χ1v) is 7.75. The third kappa shape index (κ3) is 3.52. The Labute approximate surface area is 133 Å². The maximum absolute atomic E-state index is 6.08. The molecule has 0 saturated heterocycles. The number of hydrogen-bond acceptors (Lipinski definition) is 3. The third-order valence-electron chi connectivity index (χ3n) is 3.02. The van der Waals surface area contributed by atoms with E-state index in [-0.39, 0.29) is 0 Å². The average molecular weight is 385 g/mol. The van der Waals surface area contributed by atoms with Crippen molar-refractivity contribution in [2.45, 2.75) is 33.4 Å². The van der Waals surface area contributed by atoms with Crippen LogP contribution in [-0.4, -0.2) is 15.8 Å². The van der Waals surface area contributed by atoms with Crippen molar-refractivity contribution < 1.29 is 4.74 Å². The number of hydrogen-bond donors (Lipinski definition) is 1. The minimum Gasteiger partial charge on any atom is -0.438 e. The molecule has 20 heavy (non-hydrogen) atoms. The lowest BCUT2D eigenvalue weighted by molar-refractivity contribution is 0.420. The van der Waals surface area contributed by atoms with Crippen molar-refractivity contribution in [3.05, 3.63) is 39.1 Å². The second kappa shape index (κ2) is 6.58. The predicted octanol–water partition coefficient (Wildman–Crippen LogP) is 3.62. The molecule has 0 bridgehead atoms. The first-order valence-electron chi connectivity index (χ1n) is 6.67. The first kappa shape index (κ1) is 15.3. The normalized spacial score (nSPS) is 11.1. The van der Waals surface area contributed by atoms with E-state index in [0.717, 1.165) is 33.0 Å². The summed E-state index contributed by atoms with van der Waals surface area (Å²) in [5, 5.41) is 7.89. The molecule has 0 radical (unpaired) electrons. The Morgan fingerprint density at radius 1 is 1.35 bits per heavy atom. The van der Waals surface area contributed by atoms with Crippen LogP contribution in [0, 0.1) is 10.5 Å². The highest BCUT2D eigenvalue weighted by Gasteiger charge is 2.16. The molecule has 0 amide bonds. The molecule has 1 aromatic heterocycles. The van der Waals surface area contributed by atoms with E-state index < -0.39 is 0 Å². The van der Waals surface area contributed by atoms with Gasteiger partial charge in [0.05, 0.1) is 14.8 Å². The topological polar surface area (TPSA) is 39.1 Å². The quantitative estimate of drug-likeness (QED) is 0.800. The molecular weight excluding hydrogens is 365 g/mol. The van der Waals surface area contributed by atoms with Gasteiger partial charge in [-0.1, -0.05) is 26.0 Å². The third-order valence-corrected chi connectivity index (χ3v) is 3.91. The molecule has 0 aliphatic carbocycles. The molecule has 2 rings (SSSR count). The molecule has 108 valence electrons. The second-order valence-electron chi connectivity index (χ2n) is 5.06.